The number of carbonyl (C=O) groups is 1. The van der Waals surface area contributed by atoms with Crippen LogP contribution in [0, 0.1) is 0 Å². The summed E-state index contributed by atoms with van der Waals surface area (Å²) in [6, 6.07) is 8.03. The van der Waals surface area contributed by atoms with Gasteiger partial charge in [-0.25, -0.2) is 0 Å². The van der Waals surface area contributed by atoms with Crippen molar-refractivity contribution in [2.75, 3.05) is 26.2 Å². The Morgan fingerprint density at radius 1 is 1.32 bits per heavy atom. The molecular weight excluding hydrogens is 296 g/mol. The lowest BCUT2D eigenvalue weighted by molar-refractivity contribution is 0.00845. The van der Waals surface area contributed by atoms with E-state index in [0.29, 0.717) is 6.54 Å². The molecule has 4 nitrogen and oxygen atoms in total. The number of fused-ring (bicyclic) bond motifs is 1. The molecule has 1 fully saturated rings. The lowest BCUT2D eigenvalue weighted by atomic mass is 10.1. The Labute approximate surface area is 134 Å². The van der Waals surface area contributed by atoms with Gasteiger partial charge in [0.2, 0.25) is 0 Å². The van der Waals surface area contributed by atoms with Crippen LogP contribution < -0.4 is 5.73 Å². The number of nitrogens with two attached hydrogens (primary N) is 1. The van der Waals surface area contributed by atoms with Crippen molar-refractivity contribution in [3.8, 4) is 0 Å². The van der Waals surface area contributed by atoms with Crippen molar-refractivity contribution < 1.29 is 9.53 Å². The first-order valence-electron chi connectivity index (χ1n) is 7.86. The molecule has 1 aliphatic rings. The van der Waals surface area contributed by atoms with Gasteiger partial charge >= 0.3 is 0 Å². The normalized spacial score (nSPS) is 16.3. The average Bonchev–Trinajstić information content (AvgIpc) is 3.02. The Morgan fingerprint density at radius 2 is 2.14 bits per heavy atom. The molecule has 1 amide bonds. The van der Waals surface area contributed by atoms with E-state index >= 15 is 0 Å². The molecule has 2 N–H and O–H groups in total. The van der Waals surface area contributed by atoms with Crippen molar-refractivity contribution in [3.05, 3.63) is 35.2 Å². The fourth-order valence-corrected chi connectivity index (χ4v) is 3.61. The van der Waals surface area contributed by atoms with E-state index in [-0.39, 0.29) is 12.0 Å². The number of rotatable bonds is 5. The third kappa shape index (κ3) is 3.48. The van der Waals surface area contributed by atoms with Crippen LogP contribution in [0.2, 0.25) is 0 Å². The Bertz CT molecular complexity index is 632. The smallest absolute Gasteiger partial charge is 0.253 e. The summed E-state index contributed by atoms with van der Waals surface area (Å²) in [4.78, 5) is 14.5. The summed E-state index contributed by atoms with van der Waals surface area (Å²) in [7, 11) is 0. The van der Waals surface area contributed by atoms with Gasteiger partial charge in [-0.3, -0.25) is 4.79 Å². The van der Waals surface area contributed by atoms with Gasteiger partial charge in [0, 0.05) is 30.0 Å². The fraction of sp³-hybridized carbons (Fsp3) is 0.471. The van der Waals surface area contributed by atoms with Crippen LogP contribution in [0.5, 0.6) is 0 Å². The number of ether oxygens (including phenoxy) is 1. The third-order valence-electron chi connectivity index (χ3n) is 4.13. The molecule has 0 atom stereocenters. The summed E-state index contributed by atoms with van der Waals surface area (Å²) >= 11 is 1.70. The van der Waals surface area contributed by atoms with Crippen LogP contribution in [0.25, 0.3) is 10.1 Å². The number of likely N-dealkylation sites (tertiary alicyclic amines) is 1. The van der Waals surface area contributed by atoms with Crippen LogP contribution in [0.3, 0.4) is 0 Å². The molecule has 0 unspecified atom stereocenters. The van der Waals surface area contributed by atoms with Crippen molar-refractivity contribution in [2.45, 2.75) is 25.4 Å². The molecule has 22 heavy (non-hydrogen) atoms. The minimum Gasteiger partial charge on any atom is -0.378 e. The number of benzene rings is 1. The largest absolute Gasteiger partial charge is 0.378 e. The minimum atomic E-state index is 0.133. The summed E-state index contributed by atoms with van der Waals surface area (Å²) in [5, 5.41) is 3.21. The fourth-order valence-electron chi connectivity index (χ4n) is 2.84. The molecule has 0 spiro atoms. The first-order valence-corrected chi connectivity index (χ1v) is 8.74. The molecule has 0 saturated carbocycles. The Balaban J connectivity index is 1.57. The van der Waals surface area contributed by atoms with E-state index in [1.807, 2.05) is 23.1 Å². The highest BCUT2D eigenvalue weighted by atomic mass is 32.1. The summed E-state index contributed by atoms with van der Waals surface area (Å²) in [6.45, 7) is 2.94. The SMILES string of the molecule is NCCCOC1CCN(C(=O)c2ccc3sccc3c2)CC1. The van der Waals surface area contributed by atoms with Gasteiger partial charge in [-0.1, -0.05) is 0 Å². The van der Waals surface area contributed by atoms with E-state index in [1.54, 1.807) is 11.3 Å². The Kier molecular flexibility index (Phi) is 5.08. The van der Waals surface area contributed by atoms with Crippen LogP contribution in [0.15, 0.2) is 29.6 Å². The summed E-state index contributed by atoms with van der Waals surface area (Å²) in [5.74, 6) is 0.133. The molecule has 0 aliphatic carbocycles. The molecule has 1 aromatic heterocycles. The maximum atomic E-state index is 12.6. The van der Waals surface area contributed by atoms with Crippen molar-refractivity contribution in [2.24, 2.45) is 5.73 Å². The molecule has 1 saturated heterocycles. The van der Waals surface area contributed by atoms with Crippen molar-refractivity contribution >= 4 is 27.3 Å². The van der Waals surface area contributed by atoms with Gasteiger partial charge in [0.25, 0.3) is 5.91 Å². The highest BCUT2D eigenvalue weighted by Gasteiger charge is 2.24. The number of piperidine rings is 1. The molecule has 2 aromatic rings. The summed E-state index contributed by atoms with van der Waals surface area (Å²) in [6.07, 6.45) is 3.00. The number of carbonyl (C=O) groups excluding carboxylic acids is 1. The molecule has 0 radical (unpaired) electrons. The van der Waals surface area contributed by atoms with E-state index in [2.05, 4.69) is 11.4 Å². The topological polar surface area (TPSA) is 55.6 Å². The summed E-state index contributed by atoms with van der Waals surface area (Å²) < 4.78 is 7.01. The number of amides is 1. The van der Waals surface area contributed by atoms with Crippen LogP contribution in [0.1, 0.15) is 29.6 Å². The molecule has 0 bridgehead atoms. The van der Waals surface area contributed by atoms with Crippen molar-refractivity contribution in [3.63, 3.8) is 0 Å². The Hall–Kier alpha value is -1.43. The molecule has 1 aliphatic heterocycles. The lowest BCUT2D eigenvalue weighted by Crippen LogP contribution is -2.41. The van der Waals surface area contributed by atoms with E-state index in [0.717, 1.165) is 49.9 Å². The first-order chi connectivity index (χ1) is 10.8. The number of thiophene rings is 1. The van der Waals surface area contributed by atoms with E-state index < -0.39 is 0 Å². The summed E-state index contributed by atoms with van der Waals surface area (Å²) in [5.41, 5.74) is 6.26. The standard InChI is InChI=1S/C17H22N2O2S/c18-7-1-10-21-15-4-8-19(9-5-15)17(20)14-2-3-16-13(12-14)6-11-22-16/h2-3,6,11-12,15H,1,4-5,7-10,18H2. The quantitative estimate of drug-likeness (QED) is 0.863. The average molecular weight is 318 g/mol. The first kappa shape index (κ1) is 15.5. The molecule has 1 aromatic carbocycles. The van der Waals surface area contributed by atoms with Gasteiger partial charge < -0.3 is 15.4 Å². The van der Waals surface area contributed by atoms with Gasteiger partial charge in [0.05, 0.1) is 6.10 Å². The monoisotopic (exact) mass is 318 g/mol. The van der Waals surface area contributed by atoms with Gasteiger partial charge in [0.1, 0.15) is 0 Å². The predicted octanol–water partition coefficient (Wildman–Crippen LogP) is 2.87. The number of nitrogens with zero attached hydrogens (tertiary/aromatic N) is 1. The number of hydrogen-bond acceptors (Lipinski definition) is 4. The Morgan fingerprint density at radius 3 is 2.91 bits per heavy atom. The van der Waals surface area contributed by atoms with E-state index in [4.69, 9.17) is 10.5 Å². The second kappa shape index (κ2) is 7.22. The zero-order valence-electron chi connectivity index (χ0n) is 12.7. The third-order valence-corrected chi connectivity index (χ3v) is 5.03. The van der Waals surface area contributed by atoms with Gasteiger partial charge in [-0.2, -0.15) is 0 Å². The van der Waals surface area contributed by atoms with Crippen LogP contribution >= 0.6 is 11.3 Å². The minimum absolute atomic E-state index is 0.133. The van der Waals surface area contributed by atoms with Crippen LogP contribution in [0.4, 0.5) is 0 Å². The lowest BCUT2D eigenvalue weighted by Gasteiger charge is -2.32. The van der Waals surface area contributed by atoms with E-state index in [9.17, 15) is 4.79 Å². The zero-order valence-corrected chi connectivity index (χ0v) is 13.5. The molecule has 118 valence electrons. The molecular formula is C17H22N2O2S. The van der Waals surface area contributed by atoms with E-state index in [1.165, 1.54) is 4.70 Å². The van der Waals surface area contributed by atoms with Gasteiger partial charge in [0.15, 0.2) is 0 Å². The van der Waals surface area contributed by atoms with Crippen molar-refractivity contribution in [1.82, 2.24) is 4.90 Å². The van der Waals surface area contributed by atoms with Gasteiger partial charge in [-0.05, 0) is 60.8 Å². The highest BCUT2D eigenvalue weighted by Crippen LogP contribution is 2.23. The predicted molar refractivity (Wildman–Crippen MR) is 90.4 cm³/mol. The van der Waals surface area contributed by atoms with Crippen LogP contribution in [-0.2, 0) is 4.74 Å². The maximum Gasteiger partial charge on any atom is 0.253 e. The molecule has 2 heterocycles. The molecule has 3 rings (SSSR count). The highest BCUT2D eigenvalue weighted by molar-refractivity contribution is 7.17. The second-order valence-corrected chi connectivity index (χ2v) is 6.63. The number of hydrogen-bond donors (Lipinski definition) is 1. The maximum absolute atomic E-state index is 12.6. The van der Waals surface area contributed by atoms with Crippen LogP contribution in [-0.4, -0.2) is 43.2 Å². The second-order valence-electron chi connectivity index (χ2n) is 5.68. The molecule has 5 heteroatoms. The van der Waals surface area contributed by atoms with Gasteiger partial charge in [-0.15, -0.1) is 11.3 Å². The zero-order chi connectivity index (χ0) is 15.4. The van der Waals surface area contributed by atoms with Crippen molar-refractivity contribution in [1.29, 1.82) is 0 Å².